The Labute approximate surface area is 99.2 Å². The number of rotatable bonds is 1. The van der Waals surface area contributed by atoms with Crippen LogP contribution in [0.4, 0.5) is 0 Å². The summed E-state index contributed by atoms with van der Waals surface area (Å²) in [6.45, 7) is 5.29. The van der Waals surface area contributed by atoms with Gasteiger partial charge in [0, 0.05) is 0 Å². The standard InChI is InChI=1S/C11H17GeNO3/c1-2-4-11(3-1)12-14-8-5-13(6-9-15-12)7-10-16-12/h1-4,11H,5-10H2. The van der Waals surface area contributed by atoms with Gasteiger partial charge in [-0.1, -0.05) is 0 Å². The second kappa shape index (κ2) is 4.62. The maximum absolute atomic E-state index is 6.02. The first-order valence-corrected chi connectivity index (χ1v) is 9.66. The average Bonchev–Trinajstić information content (AvgIpc) is 2.68. The molecule has 3 fully saturated rings. The minimum atomic E-state index is -3.06. The summed E-state index contributed by atoms with van der Waals surface area (Å²) in [7, 11) is 0. The molecule has 1 aliphatic carbocycles. The first-order chi connectivity index (χ1) is 7.89. The maximum atomic E-state index is 6.02. The van der Waals surface area contributed by atoms with Crippen molar-refractivity contribution < 1.29 is 11.3 Å². The summed E-state index contributed by atoms with van der Waals surface area (Å²) in [4.78, 5) is 2.34. The predicted molar refractivity (Wildman–Crippen MR) is 62.1 cm³/mol. The van der Waals surface area contributed by atoms with Crippen molar-refractivity contribution >= 4 is 14.3 Å². The summed E-state index contributed by atoms with van der Waals surface area (Å²) >= 11 is -3.06. The van der Waals surface area contributed by atoms with Crippen LogP contribution in [0.5, 0.6) is 0 Å². The fourth-order valence-electron chi connectivity index (χ4n) is 2.37. The van der Waals surface area contributed by atoms with Gasteiger partial charge in [0.05, 0.1) is 0 Å². The van der Waals surface area contributed by atoms with Crippen LogP contribution < -0.4 is 0 Å². The third kappa shape index (κ3) is 2.00. The summed E-state index contributed by atoms with van der Waals surface area (Å²) in [5.74, 6) is 0. The summed E-state index contributed by atoms with van der Waals surface area (Å²) < 4.78 is 18.3. The van der Waals surface area contributed by atoms with E-state index in [1.807, 2.05) is 0 Å². The van der Waals surface area contributed by atoms with Gasteiger partial charge in [0.25, 0.3) is 0 Å². The van der Waals surface area contributed by atoms with E-state index in [1.165, 1.54) is 0 Å². The Hall–Kier alpha value is -0.137. The molecule has 4 aliphatic rings. The Morgan fingerprint density at radius 1 is 0.875 bits per heavy atom. The molecule has 0 amide bonds. The molecule has 0 saturated carbocycles. The molecule has 0 spiro atoms. The molecule has 2 bridgehead atoms. The van der Waals surface area contributed by atoms with Crippen molar-refractivity contribution in [3.8, 4) is 0 Å². The van der Waals surface area contributed by atoms with Gasteiger partial charge in [-0.15, -0.1) is 0 Å². The average molecular weight is 284 g/mol. The Morgan fingerprint density at radius 3 is 1.88 bits per heavy atom. The molecule has 0 unspecified atom stereocenters. The Kier molecular flexibility index (Phi) is 3.17. The molecule has 0 N–H and O–H groups in total. The number of fused-ring (bicyclic) bond motifs is 6. The monoisotopic (exact) mass is 285 g/mol. The molecule has 0 radical (unpaired) electrons. The second-order valence-electron chi connectivity index (χ2n) is 4.29. The van der Waals surface area contributed by atoms with Gasteiger partial charge >= 0.3 is 99.0 Å². The van der Waals surface area contributed by atoms with E-state index in [0.717, 1.165) is 39.5 Å². The molecule has 5 heteroatoms. The van der Waals surface area contributed by atoms with Crippen LogP contribution in [0.1, 0.15) is 0 Å². The molecular formula is C11H17GeNO3. The summed E-state index contributed by atoms with van der Waals surface area (Å²) in [5.41, 5.74) is 0. The molecule has 0 aromatic heterocycles. The SMILES string of the molecule is C1=C[CH]([Ge]23[O]CCN(CC[O]2)CC[O]3)C=C1. The normalized spacial score (nSPS) is 39.6. The molecule has 0 aromatic carbocycles. The predicted octanol–water partition coefficient (Wildman–Crippen LogP) is 0.800. The molecule has 88 valence electrons. The van der Waals surface area contributed by atoms with E-state index in [4.69, 9.17) is 11.3 Å². The quantitative estimate of drug-likeness (QED) is 0.666. The van der Waals surface area contributed by atoms with Crippen molar-refractivity contribution in [2.75, 3.05) is 39.5 Å². The zero-order valence-corrected chi connectivity index (χ0v) is 11.4. The van der Waals surface area contributed by atoms with Gasteiger partial charge in [-0.3, -0.25) is 0 Å². The summed E-state index contributed by atoms with van der Waals surface area (Å²) in [6.07, 6.45) is 8.43. The zero-order chi connectivity index (χ0) is 10.8. The molecular weight excluding hydrogens is 267 g/mol. The number of nitrogens with zero attached hydrogens (tertiary/aromatic N) is 1. The number of allylic oxidation sites excluding steroid dienone is 4. The van der Waals surface area contributed by atoms with Crippen LogP contribution in [0.2, 0.25) is 4.75 Å². The van der Waals surface area contributed by atoms with E-state index in [-0.39, 0.29) is 4.75 Å². The van der Waals surface area contributed by atoms with Gasteiger partial charge in [0.2, 0.25) is 0 Å². The molecule has 0 atom stereocenters. The van der Waals surface area contributed by atoms with Gasteiger partial charge in [0.1, 0.15) is 0 Å². The summed E-state index contributed by atoms with van der Waals surface area (Å²) in [6, 6.07) is 0. The molecule has 3 heterocycles. The van der Waals surface area contributed by atoms with E-state index in [2.05, 4.69) is 29.2 Å². The molecule has 4 rings (SSSR count). The van der Waals surface area contributed by atoms with Crippen molar-refractivity contribution in [3.05, 3.63) is 24.3 Å². The van der Waals surface area contributed by atoms with Gasteiger partial charge < -0.3 is 0 Å². The van der Waals surface area contributed by atoms with E-state index in [1.54, 1.807) is 0 Å². The van der Waals surface area contributed by atoms with Gasteiger partial charge in [0.15, 0.2) is 0 Å². The van der Waals surface area contributed by atoms with Crippen LogP contribution in [0, 0.1) is 0 Å². The van der Waals surface area contributed by atoms with E-state index in [0.29, 0.717) is 0 Å². The van der Waals surface area contributed by atoms with Crippen LogP contribution >= 0.6 is 0 Å². The first kappa shape index (κ1) is 11.0. The van der Waals surface area contributed by atoms with E-state index in [9.17, 15) is 0 Å². The Bertz CT molecular complexity index is 280. The van der Waals surface area contributed by atoms with Crippen molar-refractivity contribution in [2.24, 2.45) is 0 Å². The van der Waals surface area contributed by atoms with Crippen molar-refractivity contribution in [1.82, 2.24) is 4.90 Å². The number of hydrogen-bond donors (Lipinski definition) is 0. The van der Waals surface area contributed by atoms with Crippen LogP contribution in [0.15, 0.2) is 24.3 Å². The van der Waals surface area contributed by atoms with Crippen LogP contribution in [-0.2, 0) is 11.3 Å². The van der Waals surface area contributed by atoms with Crippen molar-refractivity contribution in [3.63, 3.8) is 0 Å². The fraction of sp³-hybridized carbons (Fsp3) is 0.636. The molecule has 0 aromatic rings. The van der Waals surface area contributed by atoms with Crippen LogP contribution in [0.25, 0.3) is 0 Å². The molecule has 16 heavy (non-hydrogen) atoms. The van der Waals surface area contributed by atoms with Crippen LogP contribution in [-0.4, -0.2) is 58.6 Å². The minimum absolute atomic E-state index is 0.268. The van der Waals surface area contributed by atoms with Crippen molar-refractivity contribution in [2.45, 2.75) is 4.75 Å². The zero-order valence-electron chi connectivity index (χ0n) is 9.30. The third-order valence-electron chi connectivity index (χ3n) is 3.29. The van der Waals surface area contributed by atoms with Gasteiger partial charge in [-0.25, -0.2) is 0 Å². The fourth-order valence-corrected chi connectivity index (χ4v) is 7.92. The molecule has 3 aliphatic heterocycles. The Morgan fingerprint density at radius 2 is 1.38 bits per heavy atom. The van der Waals surface area contributed by atoms with Crippen molar-refractivity contribution in [1.29, 1.82) is 0 Å². The van der Waals surface area contributed by atoms with E-state index < -0.39 is 14.3 Å². The first-order valence-electron chi connectivity index (χ1n) is 5.88. The van der Waals surface area contributed by atoms with Gasteiger partial charge in [-0.05, 0) is 0 Å². The molecule has 3 saturated heterocycles. The number of hydrogen-bond acceptors (Lipinski definition) is 4. The van der Waals surface area contributed by atoms with E-state index >= 15 is 0 Å². The third-order valence-corrected chi connectivity index (χ3v) is 9.63. The second-order valence-corrected chi connectivity index (χ2v) is 10.0. The Balaban J connectivity index is 1.83. The summed E-state index contributed by atoms with van der Waals surface area (Å²) in [5, 5.41) is 0. The topological polar surface area (TPSA) is 30.9 Å². The van der Waals surface area contributed by atoms with Crippen LogP contribution in [0.3, 0.4) is 0 Å². The molecule has 4 nitrogen and oxygen atoms in total. The van der Waals surface area contributed by atoms with Gasteiger partial charge in [-0.2, -0.15) is 0 Å².